The summed E-state index contributed by atoms with van der Waals surface area (Å²) in [6.45, 7) is 8.17. The first-order valence-corrected chi connectivity index (χ1v) is 10.4. The van der Waals surface area contributed by atoms with Gasteiger partial charge in [0.05, 0.1) is 21.7 Å². The quantitative estimate of drug-likeness (QED) is 0.608. The van der Waals surface area contributed by atoms with Gasteiger partial charge in [-0.3, -0.25) is 4.79 Å². The van der Waals surface area contributed by atoms with Crippen LogP contribution in [0.25, 0.3) is 6.08 Å². The van der Waals surface area contributed by atoms with Gasteiger partial charge in [0.25, 0.3) is 5.91 Å². The molecule has 0 bridgehead atoms. The molecule has 6 heteroatoms. The Morgan fingerprint density at radius 1 is 1.21 bits per heavy atom. The fraction of sp³-hybridized carbons (Fsp3) is 0.273. The number of amidine groups is 1. The number of rotatable bonds is 5. The van der Waals surface area contributed by atoms with Crippen molar-refractivity contribution in [3.63, 3.8) is 0 Å². The summed E-state index contributed by atoms with van der Waals surface area (Å²) in [4.78, 5) is 17.4. The number of carbonyl (C=O) groups excluding carboxylic acids is 1. The van der Waals surface area contributed by atoms with E-state index in [1.807, 2.05) is 50.3 Å². The van der Waals surface area contributed by atoms with E-state index in [1.165, 1.54) is 22.9 Å². The molecule has 1 saturated heterocycles. The Morgan fingerprint density at radius 2 is 2.00 bits per heavy atom. The van der Waals surface area contributed by atoms with Crippen molar-refractivity contribution < 1.29 is 9.53 Å². The smallest absolute Gasteiger partial charge is 0.264 e. The number of amides is 1. The third kappa shape index (κ3) is 4.97. The molecule has 1 fully saturated rings. The van der Waals surface area contributed by atoms with Crippen molar-refractivity contribution in [2.24, 2.45) is 4.99 Å². The van der Waals surface area contributed by atoms with Crippen LogP contribution in [0.15, 0.2) is 46.3 Å². The fourth-order valence-electron chi connectivity index (χ4n) is 2.55. The second-order valence-electron chi connectivity index (χ2n) is 6.78. The van der Waals surface area contributed by atoms with E-state index in [0.29, 0.717) is 20.8 Å². The summed E-state index contributed by atoms with van der Waals surface area (Å²) in [6.07, 6.45) is 2.81. The van der Waals surface area contributed by atoms with Crippen molar-refractivity contribution in [2.45, 2.75) is 40.2 Å². The summed E-state index contributed by atoms with van der Waals surface area (Å²) in [5.74, 6) is 0.488. The first kappa shape index (κ1) is 20.5. The molecular formula is C22H23ClN2O2S. The average Bonchev–Trinajstić information content (AvgIpc) is 2.99. The molecule has 1 N–H and O–H groups in total. The van der Waals surface area contributed by atoms with Crippen molar-refractivity contribution in [3.05, 3.63) is 63.0 Å². The third-order valence-corrected chi connectivity index (χ3v) is 5.73. The topological polar surface area (TPSA) is 50.7 Å². The van der Waals surface area contributed by atoms with E-state index in [2.05, 4.69) is 24.2 Å². The number of carbonyl (C=O) groups is 1. The van der Waals surface area contributed by atoms with E-state index in [4.69, 9.17) is 16.3 Å². The number of hydrogen-bond donors (Lipinski definition) is 1. The highest BCUT2D eigenvalue weighted by atomic mass is 35.5. The number of thioether (sulfide) groups is 1. The van der Waals surface area contributed by atoms with Gasteiger partial charge in [0.1, 0.15) is 5.75 Å². The molecule has 0 spiro atoms. The van der Waals surface area contributed by atoms with Gasteiger partial charge in [-0.25, -0.2) is 4.99 Å². The Labute approximate surface area is 175 Å². The van der Waals surface area contributed by atoms with Crippen molar-refractivity contribution in [3.8, 4) is 5.75 Å². The van der Waals surface area contributed by atoms with E-state index in [0.717, 1.165) is 17.7 Å². The van der Waals surface area contributed by atoms with Crippen LogP contribution in [0.4, 0.5) is 5.69 Å². The highest BCUT2D eigenvalue weighted by molar-refractivity contribution is 8.18. The van der Waals surface area contributed by atoms with E-state index >= 15 is 0 Å². The van der Waals surface area contributed by atoms with Crippen LogP contribution >= 0.6 is 23.4 Å². The highest BCUT2D eigenvalue weighted by Crippen LogP contribution is 2.31. The Balaban J connectivity index is 1.77. The number of ether oxygens (including phenoxy) is 1. The van der Waals surface area contributed by atoms with Gasteiger partial charge in [0, 0.05) is 0 Å². The molecule has 3 rings (SSSR count). The first-order valence-electron chi connectivity index (χ1n) is 9.18. The largest absolute Gasteiger partial charge is 0.489 e. The van der Waals surface area contributed by atoms with Crippen LogP contribution in [0.3, 0.4) is 0 Å². The summed E-state index contributed by atoms with van der Waals surface area (Å²) in [6, 6.07) is 11.5. The van der Waals surface area contributed by atoms with Crippen LogP contribution in [0, 0.1) is 13.8 Å². The number of halogens is 1. The molecule has 1 aliphatic heterocycles. The Morgan fingerprint density at radius 3 is 2.68 bits per heavy atom. The molecule has 0 unspecified atom stereocenters. The maximum Gasteiger partial charge on any atom is 0.264 e. The molecule has 146 valence electrons. The van der Waals surface area contributed by atoms with Gasteiger partial charge >= 0.3 is 0 Å². The summed E-state index contributed by atoms with van der Waals surface area (Å²) >= 11 is 7.65. The van der Waals surface area contributed by atoms with Crippen LogP contribution in [-0.2, 0) is 4.79 Å². The van der Waals surface area contributed by atoms with Crippen LogP contribution < -0.4 is 10.1 Å². The first-order chi connectivity index (χ1) is 13.4. The number of aliphatic imine (C=N–C) groups is 1. The van der Waals surface area contributed by atoms with Crippen LogP contribution in [0.2, 0.25) is 5.02 Å². The number of nitrogens with zero attached hydrogens (tertiary/aromatic N) is 1. The molecule has 1 heterocycles. The second-order valence-corrected chi connectivity index (χ2v) is 8.21. The maximum absolute atomic E-state index is 12.3. The molecule has 0 aromatic heterocycles. The summed E-state index contributed by atoms with van der Waals surface area (Å²) in [7, 11) is 0. The van der Waals surface area contributed by atoms with Crippen molar-refractivity contribution in [1.29, 1.82) is 0 Å². The molecule has 0 aliphatic carbocycles. The SMILES string of the molecule is CC[C@H](C)Oc1ccc(/C=C2\SC(=Nc3ccc(C)c(C)c3)NC2=O)cc1Cl. The highest BCUT2D eigenvalue weighted by Gasteiger charge is 2.24. The van der Waals surface area contributed by atoms with E-state index in [1.54, 1.807) is 6.07 Å². The van der Waals surface area contributed by atoms with Crippen LogP contribution in [0.5, 0.6) is 5.75 Å². The lowest BCUT2D eigenvalue weighted by molar-refractivity contribution is -0.115. The van der Waals surface area contributed by atoms with E-state index in [-0.39, 0.29) is 12.0 Å². The number of nitrogens with one attached hydrogen (secondary N) is 1. The summed E-state index contributed by atoms with van der Waals surface area (Å²) < 4.78 is 5.79. The molecule has 1 aliphatic rings. The monoisotopic (exact) mass is 414 g/mol. The minimum Gasteiger partial charge on any atom is -0.489 e. The lowest BCUT2D eigenvalue weighted by atomic mass is 10.1. The molecule has 2 aromatic carbocycles. The normalized spacial score (nSPS) is 17.8. The predicted octanol–water partition coefficient (Wildman–Crippen LogP) is 6.03. The number of aryl methyl sites for hydroxylation is 2. The van der Waals surface area contributed by atoms with Gasteiger partial charge in [-0.15, -0.1) is 0 Å². The number of benzene rings is 2. The molecule has 2 aromatic rings. The van der Waals surface area contributed by atoms with E-state index < -0.39 is 0 Å². The van der Waals surface area contributed by atoms with Crippen molar-refractivity contribution in [2.75, 3.05) is 0 Å². The van der Waals surface area contributed by atoms with Crippen LogP contribution in [-0.4, -0.2) is 17.2 Å². The Bertz CT molecular complexity index is 969. The lowest BCUT2D eigenvalue weighted by Crippen LogP contribution is -2.19. The average molecular weight is 415 g/mol. The van der Waals surface area contributed by atoms with E-state index in [9.17, 15) is 4.79 Å². The summed E-state index contributed by atoms with van der Waals surface area (Å²) in [5.41, 5.74) is 4.04. The van der Waals surface area contributed by atoms with Gasteiger partial charge in [0.2, 0.25) is 0 Å². The summed E-state index contributed by atoms with van der Waals surface area (Å²) in [5, 5.41) is 3.92. The van der Waals surface area contributed by atoms with Gasteiger partial charge in [-0.1, -0.05) is 30.7 Å². The zero-order valence-corrected chi connectivity index (χ0v) is 17.9. The molecule has 0 saturated carbocycles. The molecular weight excluding hydrogens is 392 g/mol. The standard InChI is InChI=1S/C22H23ClN2O2S/c1-5-15(4)27-19-9-7-16(11-18(19)23)12-20-21(26)25-22(28-20)24-17-8-6-13(2)14(3)10-17/h6-12,15H,5H2,1-4H3,(H,24,25,26)/b20-12-/t15-/m0/s1. The van der Waals surface area contributed by atoms with Crippen molar-refractivity contribution >= 4 is 46.2 Å². The molecule has 1 amide bonds. The van der Waals surface area contributed by atoms with Crippen molar-refractivity contribution in [1.82, 2.24) is 5.32 Å². The Hall–Kier alpha value is -2.24. The van der Waals surface area contributed by atoms with Gasteiger partial charge < -0.3 is 10.1 Å². The van der Waals surface area contributed by atoms with Gasteiger partial charge in [-0.05, 0) is 86.0 Å². The Kier molecular flexibility index (Phi) is 6.47. The predicted molar refractivity (Wildman–Crippen MR) is 119 cm³/mol. The van der Waals surface area contributed by atoms with Crippen LogP contribution in [0.1, 0.15) is 37.0 Å². The second kappa shape index (κ2) is 8.84. The molecule has 28 heavy (non-hydrogen) atoms. The fourth-order valence-corrected chi connectivity index (χ4v) is 3.62. The minimum atomic E-state index is -0.163. The van der Waals surface area contributed by atoms with Gasteiger partial charge in [-0.2, -0.15) is 0 Å². The van der Waals surface area contributed by atoms with Gasteiger partial charge in [0.15, 0.2) is 5.17 Å². The molecule has 1 atom stereocenters. The molecule has 4 nitrogen and oxygen atoms in total. The number of hydrogen-bond acceptors (Lipinski definition) is 4. The molecule has 0 radical (unpaired) electrons. The minimum absolute atomic E-state index is 0.0991. The maximum atomic E-state index is 12.3. The zero-order valence-electron chi connectivity index (χ0n) is 16.4. The zero-order chi connectivity index (χ0) is 20.3. The lowest BCUT2D eigenvalue weighted by Gasteiger charge is -2.14. The third-order valence-electron chi connectivity index (χ3n) is 4.53.